The maximum atomic E-state index is 11.2. The van der Waals surface area contributed by atoms with Gasteiger partial charge in [-0.3, -0.25) is 9.59 Å². The van der Waals surface area contributed by atoms with Crippen molar-refractivity contribution in [1.29, 1.82) is 0 Å². The average molecular weight is 184 g/mol. The quantitative estimate of drug-likeness (QED) is 0.621. The van der Waals surface area contributed by atoms with E-state index in [1.807, 2.05) is 0 Å². The molecule has 0 aliphatic carbocycles. The van der Waals surface area contributed by atoms with E-state index in [9.17, 15) is 9.59 Å². The molecule has 0 spiro atoms. The van der Waals surface area contributed by atoms with E-state index in [2.05, 4.69) is 10.6 Å². The molecule has 0 radical (unpaired) electrons. The Kier molecular flexibility index (Phi) is 3.02. The molecular formula is C8H12N2O3. The number of amides is 2. The fourth-order valence-electron chi connectivity index (χ4n) is 0.871. The molecule has 0 fully saturated rings. The molecule has 1 aliphatic heterocycles. The van der Waals surface area contributed by atoms with E-state index in [-0.39, 0.29) is 11.8 Å². The predicted octanol–water partition coefficient (Wildman–Crippen LogP) is -0.501. The summed E-state index contributed by atoms with van der Waals surface area (Å²) in [5.41, 5.74) is 0. The number of ether oxygens (including phenoxy) is 1. The van der Waals surface area contributed by atoms with Crippen LogP contribution in [0.15, 0.2) is 11.9 Å². The lowest BCUT2D eigenvalue weighted by Crippen LogP contribution is -2.37. The molecule has 2 amide bonds. The minimum atomic E-state index is -0.515. The Hall–Kier alpha value is -1.36. The first kappa shape index (κ1) is 9.73. The van der Waals surface area contributed by atoms with Crippen molar-refractivity contribution in [3.63, 3.8) is 0 Å². The summed E-state index contributed by atoms with van der Waals surface area (Å²) in [6.07, 6.45) is 1.43. The van der Waals surface area contributed by atoms with E-state index in [0.717, 1.165) is 0 Å². The molecule has 1 rings (SSSR count). The number of carbonyl (C=O) groups excluding carboxylic acids is 2. The summed E-state index contributed by atoms with van der Waals surface area (Å²) >= 11 is 0. The van der Waals surface area contributed by atoms with Crippen LogP contribution in [0.5, 0.6) is 0 Å². The topological polar surface area (TPSA) is 67.4 Å². The predicted molar refractivity (Wildman–Crippen MR) is 45.5 cm³/mol. The highest BCUT2D eigenvalue weighted by atomic mass is 16.5. The van der Waals surface area contributed by atoms with Crippen LogP contribution in [0.25, 0.3) is 0 Å². The largest absolute Gasteiger partial charge is 0.372 e. The summed E-state index contributed by atoms with van der Waals surface area (Å²) in [5, 5.41) is 5.02. The van der Waals surface area contributed by atoms with Gasteiger partial charge in [-0.15, -0.1) is 0 Å². The third-order valence-electron chi connectivity index (χ3n) is 1.75. The highest BCUT2D eigenvalue weighted by Gasteiger charge is 2.17. The van der Waals surface area contributed by atoms with E-state index >= 15 is 0 Å². The Morgan fingerprint density at radius 2 is 2.46 bits per heavy atom. The Labute approximate surface area is 76.1 Å². The molecule has 0 bridgehead atoms. The zero-order chi connectivity index (χ0) is 9.84. The van der Waals surface area contributed by atoms with Crippen molar-refractivity contribution in [2.75, 3.05) is 7.11 Å². The molecule has 5 nitrogen and oxygen atoms in total. The summed E-state index contributed by atoms with van der Waals surface area (Å²) in [7, 11) is 1.45. The Morgan fingerprint density at radius 3 is 2.92 bits per heavy atom. The minimum absolute atomic E-state index is 0.111. The lowest BCUT2D eigenvalue weighted by molar-refractivity contribution is -0.129. The van der Waals surface area contributed by atoms with Gasteiger partial charge in [-0.05, 0) is 13.0 Å². The van der Waals surface area contributed by atoms with Gasteiger partial charge in [0.25, 0.3) is 5.91 Å². The Morgan fingerprint density at radius 1 is 1.77 bits per heavy atom. The van der Waals surface area contributed by atoms with Crippen molar-refractivity contribution >= 4 is 11.8 Å². The number of methoxy groups -OCH3 is 1. The number of nitrogens with one attached hydrogen (secondary N) is 2. The smallest absolute Gasteiger partial charge is 0.254 e. The minimum Gasteiger partial charge on any atom is -0.372 e. The normalized spacial score (nSPS) is 17.7. The second-order valence-corrected chi connectivity index (χ2v) is 2.74. The van der Waals surface area contributed by atoms with E-state index in [0.29, 0.717) is 12.2 Å². The molecule has 5 heteroatoms. The van der Waals surface area contributed by atoms with Crippen LogP contribution < -0.4 is 10.6 Å². The van der Waals surface area contributed by atoms with Crippen LogP contribution in [0.3, 0.4) is 0 Å². The first-order chi connectivity index (χ1) is 6.13. The van der Waals surface area contributed by atoms with Crippen LogP contribution in [-0.2, 0) is 14.3 Å². The molecule has 13 heavy (non-hydrogen) atoms. The van der Waals surface area contributed by atoms with Gasteiger partial charge < -0.3 is 15.4 Å². The van der Waals surface area contributed by atoms with Crippen molar-refractivity contribution in [2.45, 2.75) is 19.4 Å². The second-order valence-electron chi connectivity index (χ2n) is 2.74. The van der Waals surface area contributed by atoms with Crippen LogP contribution in [-0.4, -0.2) is 25.0 Å². The molecule has 72 valence electrons. The van der Waals surface area contributed by atoms with Crippen LogP contribution in [0.2, 0.25) is 0 Å². The number of rotatable bonds is 3. The van der Waals surface area contributed by atoms with Gasteiger partial charge in [0, 0.05) is 13.5 Å². The maximum Gasteiger partial charge on any atom is 0.254 e. The summed E-state index contributed by atoms with van der Waals surface area (Å²) < 4.78 is 4.80. The summed E-state index contributed by atoms with van der Waals surface area (Å²) in [6, 6.07) is 0. The maximum absolute atomic E-state index is 11.2. The fourth-order valence-corrected chi connectivity index (χ4v) is 0.871. The van der Waals surface area contributed by atoms with E-state index in [1.54, 1.807) is 13.0 Å². The Bertz CT molecular complexity index is 260. The van der Waals surface area contributed by atoms with Crippen LogP contribution in [0.1, 0.15) is 13.3 Å². The van der Waals surface area contributed by atoms with E-state index in [4.69, 9.17) is 4.74 Å². The average Bonchev–Trinajstić information content (AvgIpc) is 2.49. The third kappa shape index (κ3) is 2.55. The van der Waals surface area contributed by atoms with Gasteiger partial charge in [0.15, 0.2) is 0 Å². The van der Waals surface area contributed by atoms with Gasteiger partial charge in [0.1, 0.15) is 11.9 Å². The standard InChI is InChI=1S/C8H12N2O3/c1-5(13-2)8(12)10-6-3-4-7(11)9-6/h3,5H,4H2,1-2H3,(H,9,11)(H,10,12). The van der Waals surface area contributed by atoms with Gasteiger partial charge in [0.2, 0.25) is 5.91 Å². The number of hydrogen-bond acceptors (Lipinski definition) is 3. The SMILES string of the molecule is COC(C)C(=O)NC1=CCC(=O)N1. The molecule has 1 unspecified atom stereocenters. The number of hydrogen-bond donors (Lipinski definition) is 2. The van der Waals surface area contributed by atoms with Crippen LogP contribution >= 0.6 is 0 Å². The molecule has 1 heterocycles. The highest BCUT2D eigenvalue weighted by Crippen LogP contribution is 1.99. The van der Waals surface area contributed by atoms with E-state index in [1.165, 1.54) is 7.11 Å². The van der Waals surface area contributed by atoms with Crippen molar-refractivity contribution in [2.24, 2.45) is 0 Å². The molecule has 2 N–H and O–H groups in total. The third-order valence-corrected chi connectivity index (χ3v) is 1.75. The molecular weight excluding hydrogens is 172 g/mol. The molecule has 1 atom stereocenters. The van der Waals surface area contributed by atoms with Gasteiger partial charge in [-0.25, -0.2) is 0 Å². The molecule has 0 aromatic heterocycles. The summed E-state index contributed by atoms with van der Waals surface area (Å²) in [4.78, 5) is 21.9. The molecule has 0 aromatic rings. The first-order valence-corrected chi connectivity index (χ1v) is 3.97. The lowest BCUT2D eigenvalue weighted by atomic mass is 10.4. The van der Waals surface area contributed by atoms with Crippen LogP contribution in [0.4, 0.5) is 0 Å². The summed E-state index contributed by atoms with van der Waals surface area (Å²) in [5.74, 6) is 0.0650. The molecule has 0 saturated carbocycles. The van der Waals surface area contributed by atoms with E-state index < -0.39 is 6.10 Å². The Balaban J connectivity index is 2.41. The van der Waals surface area contributed by atoms with Gasteiger partial charge in [-0.1, -0.05) is 0 Å². The first-order valence-electron chi connectivity index (χ1n) is 3.97. The van der Waals surface area contributed by atoms with Crippen molar-refractivity contribution in [3.8, 4) is 0 Å². The van der Waals surface area contributed by atoms with Crippen molar-refractivity contribution < 1.29 is 14.3 Å². The second kappa shape index (κ2) is 4.04. The molecule has 0 aromatic carbocycles. The highest BCUT2D eigenvalue weighted by molar-refractivity contribution is 5.86. The van der Waals surface area contributed by atoms with Gasteiger partial charge >= 0.3 is 0 Å². The van der Waals surface area contributed by atoms with Crippen molar-refractivity contribution in [3.05, 3.63) is 11.9 Å². The monoisotopic (exact) mass is 184 g/mol. The zero-order valence-corrected chi connectivity index (χ0v) is 7.59. The fraction of sp³-hybridized carbons (Fsp3) is 0.500. The molecule has 1 aliphatic rings. The lowest BCUT2D eigenvalue weighted by Gasteiger charge is -2.10. The van der Waals surface area contributed by atoms with Crippen LogP contribution in [0, 0.1) is 0 Å². The van der Waals surface area contributed by atoms with Crippen molar-refractivity contribution in [1.82, 2.24) is 10.6 Å². The van der Waals surface area contributed by atoms with Gasteiger partial charge in [-0.2, -0.15) is 0 Å². The molecule has 0 saturated heterocycles. The number of carbonyl (C=O) groups is 2. The van der Waals surface area contributed by atoms with Gasteiger partial charge in [0.05, 0.1) is 0 Å². The summed E-state index contributed by atoms with van der Waals surface area (Å²) in [6.45, 7) is 1.63. The zero-order valence-electron chi connectivity index (χ0n) is 7.59.